The highest BCUT2D eigenvalue weighted by atomic mass is 19.1. The molecule has 0 aliphatic rings. The Balaban J connectivity index is 1.79. The van der Waals surface area contributed by atoms with Crippen molar-refractivity contribution < 1.29 is 19.0 Å². The van der Waals surface area contributed by atoms with E-state index < -0.39 is 5.97 Å². The summed E-state index contributed by atoms with van der Waals surface area (Å²) in [4.78, 5) is 11.7. The fraction of sp³-hybridized carbons (Fsp3) is 0.344. The highest BCUT2D eigenvalue weighted by Crippen LogP contribution is 2.30. The van der Waals surface area contributed by atoms with E-state index in [0.717, 1.165) is 34.2 Å². The zero-order valence-corrected chi connectivity index (χ0v) is 21.5. The first-order valence-electron chi connectivity index (χ1n) is 12.9. The molecule has 3 aromatic rings. The first kappa shape index (κ1) is 27.3. The summed E-state index contributed by atoms with van der Waals surface area (Å²) in [5.41, 5.74) is 6.88. The van der Waals surface area contributed by atoms with Crippen LogP contribution in [0.15, 0.2) is 72.8 Å². The normalized spacial score (nSPS) is 10.9. The van der Waals surface area contributed by atoms with Crippen LogP contribution in [0, 0.1) is 5.82 Å². The molecule has 0 atom stereocenters. The van der Waals surface area contributed by atoms with E-state index >= 15 is 4.39 Å². The fourth-order valence-corrected chi connectivity index (χ4v) is 4.29. The van der Waals surface area contributed by atoms with Gasteiger partial charge in [0.2, 0.25) is 0 Å². The second-order valence-corrected chi connectivity index (χ2v) is 9.33. The lowest BCUT2D eigenvalue weighted by molar-refractivity contribution is -0.138. The van der Waals surface area contributed by atoms with Crippen molar-refractivity contribution in [1.29, 1.82) is 0 Å². The molecule has 0 spiro atoms. The Labute approximate surface area is 214 Å². The molecule has 36 heavy (non-hydrogen) atoms. The average Bonchev–Trinajstić information content (AvgIpc) is 2.88. The molecule has 0 amide bonds. The number of hydrogen-bond acceptors (Lipinski definition) is 3. The van der Waals surface area contributed by atoms with Crippen molar-refractivity contribution in [1.82, 2.24) is 0 Å². The van der Waals surface area contributed by atoms with E-state index in [9.17, 15) is 9.90 Å². The van der Waals surface area contributed by atoms with E-state index in [-0.39, 0.29) is 19.0 Å². The Hall–Kier alpha value is -3.24. The fourth-order valence-electron chi connectivity index (χ4n) is 4.29. The Morgan fingerprint density at radius 3 is 2.25 bits per heavy atom. The molecular formula is C32H37FO3. The number of benzene rings is 3. The van der Waals surface area contributed by atoms with Crippen LogP contribution in [0.3, 0.4) is 0 Å². The zero-order chi connectivity index (χ0) is 25.9. The Morgan fingerprint density at radius 2 is 1.58 bits per heavy atom. The van der Waals surface area contributed by atoms with Crippen molar-refractivity contribution >= 4 is 5.97 Å². The van der Waals surface area contributed by atoms with E-state index in [2.05, 4.69) is 37.8 Å². The van der Waals surface area contributed by atoms with Gasteiger partial charge in [-0.2, -0.15) is 0 Å². The van der Waals surface area contributed by atoms with Gasteiger partial charge in [0.05, 0.1) is 6.61 Å². The SMILES string of the molecule is C=C(C)C(=O)OCCc1cc(-c2ccc(-c3ccc(CCCCC)cc3)cc2F)ccc1CCCO. The minimum Gasteiger partial charge on any atom is -0.462 e. The Bertz CT molecular complexity index is 1160. The van der Waals surface area contributed by atoms with Crippen molar-refractivity contribution in [2.75, 3.05) is 13.2 Å². The van der Waals surface area contributed by atoms with E-state index in [1.165, 1.54) is 24.8 Å². The molecule has 0 unspecified atom stereocenters. The average molecular weight is 489 g/mol. The van der Waals surface area contributed by atoms with Gasteiger partial charge in [-0.15, -0.1) is 0 Å². The monoisotopic (exact) mass is 488 g/mol. The first-order chi connectivity index (χ1) is 17.4. The molecule has 0 aromatic heterocycles. The molecule has 3 nitrogen and oxygen atoms in total. The number of carbonyl (C=O) groups is 1. The summed E-state index contributed by atoms with van der Waals surface area (Å²) in [5, 5.41) is 9.25. The second kappa shape index (κ2) is 13.7. The third kappa shape index (κ3) is 7.63. The van der Waals surface area contributed by atoms with Gasteiger partial charge in [-0.25, -0.2) is 9.18 Å². The molecule has 0 bridgehead atoms. The maximum atomic E-state index is 15.3. The van der Waals surface area contributed by atoms with Gasteiger partial charge in [0.15, 0.2) is 0 Å². The first-order valence-corrected chi connectivity index (χ1v) is 12.9. The molecule has 0 saturated heterocycles. The predicted octanol–water partition coefficient (Wildman–Crippen LogP) is 7.48. The summed E-state index contributed by atoms with van der Waals surface area (Å²) in [6.07, 6.45) is 6.56. The quantitative estimate of drug-likeness (QED) is 0.154. The van der Waals surface area contributed by atoms with Crippen molar-refractivity contribution in [3.8, 4) is 22.3 Å². The van der Waals surface area contributed by atoms with Crippen LogP contribution in [0.1, 0.15) is 56.2 Å². The molecule has 0 fully saturated rings. The number of ether oxygens (including phenoxy) is 1. The number of halogens is 1. The molecule has 3 rings (SSSR count). The topological polar surface area (TPSA) is 46.5 Å². The van der Waals surface area contributed by atoms with Crippen LogP contribution in [0.2, 0.25) is 0 Å². The molecule has 3 aromatic carbocycles. The van der Waals surface area contributed by atoms with Gasteiger partial charge in [0.25, 0.3) is 0 Å². The highest BCUT2D eigenvalue weighted by Gasteiger charge is 2.12. The molecule has 190 valence electrons. The van der Waals surface area contributed by atoms with Crippen LogP contribution in [-0.2, 0) is 28.8 Å². The van der Waals surface area contributed by atoms with Crippen LogP contribution >= 0.6 is 0 Å². The summed E-state index contributed by atoms with van der Waals surface area (Å²) in [6.45, 7) is 7.74. The molecular weight excluding hydrogens is 451 g/mol. The van der Waals surface area contributed by atoms with Gasteiger partial charge >= 0.3 is 5.97 Å². The molecule has 4 heteroatoms. The molecule has 0 aliphatic carbocycles. The highest BCUT2D eigenvalue weighted by molar-refractivity contribution is 5.86. The number of aliphatic hydroxyl groups excluding tert-OH is 1. The van der Waals surface area contributed by atoms with Gasteiger partial charge in [-0.1, -0.05) is 80.9 Å². The lowest BCUT2D eigenvalue weighted by Crippen LogP contribution is -2.09. The lowest BCUT2D eigenvalue weighted by atomic mass is 9.93. The summed E-state index contributed by atoms with van der Waals surface area (Å²) in [6, 6.07) is 19.6. The number of aryl methyl sites for hydroxylation is 2. The number of rotatable bonds is 13. The van der Waals surface area contributed by atoms with Crippen molar-refractivity contribution in [3.05, 3.63) is 95.3 Å². The molecule has 0 aliphatic heterocycles. The predicted molar refractivity (Wildman–Crippen MR) is 145 cm³/mol. The van der Waals surface area contributed by atoms with E-state index in [1.807, 2.05) is 30.3 Å². The van der Waals surface area contributed by atoms with Gasteiger partial charge < -0.3 is 9.84 Å². The van der Waals surface area contributed by atoms with Crippen LogP contribution < -0.4 is 0 Å². The van der Waals surface area contributed by atoms with Gasteiger partial charge in [0.1, 0.15) is 5.82 Å². The number of aliphatic hydroxyl groups is 1. The van der Waals surface area contributed by atoms with Crippen molar-refractivity contribution in [3.63, 3.8) is 0 Å². The van der Waals surface area contributed by atoms with E-state index in [1.54, 1.807) is 13.0 Å². The summed E-state index contributed by atoms with van der Waals surface area (Å²) < 4.78 is 20.6. The van der Waals surface area contributed by atoms with Gasteiger partial charge in [-0.3, -0.25) is 0 Å². The second-order valence-electron chi connectivity index (χ2n) is 9.33. The molecule has 0 radical (unpaired) electrons. The van der Waals surface area contributed by atoms with E-state index in [4.69, 9.17) is 4.74 Å². The maximum Gasteiger partial charge on any atom is 0.333 e. The Kier molecular flexibility index (Phi) is 10.4. The maximum absolute atomic E-state index is 15.3. The molecule has 0 saturated carbocycles. The zero-order valence-electron chi connectivity index (χ0n) is 21.5. The smallest absolute Gasteiger partial charge is 0.333 e. The number of esters is 1. The standard InChI is InChI=1S/C32H37FO3/c1-4-5-6-8-24-10-12-26(13-11-24)27-16-17-30(31(33)22-27)29-15-14-25(9-7-19-34)28(21-29)18-20-36-32(35)23(2)3/h10-17,21-22,34H,2,4-9,18-20H2,1,3H3. The number of carbonyl (C=O) groups excluding carboxylic acids is 1. The third-order valence-corrected chi connectivity index (χ3v) is 6.40. The largest absolute Gasteiger partial charge is 0.462 e. The van der Waals surface area contributed by atoms with Crippen LogP contribution in [0.5, 0.6) is 0 Å². The minimum atomic E-state index is -0.418. The minimum absolute atomic E-state index is 0.0989. The lowest BCUT2D eigenvalue weighted by Gasteiger charge is -2.14. The van der Waals surface area contributed by atoms with Crippen molar-refractivity contribution in [2.45, 2.75) is 58.8 Å². The van der Waals surface area contributed by atoms with Crippen LogP contribution in [0.4, 0.5) is 4.39 Å². The van der Waals surface area contributed by atoms with Crippen LogP contribution in [0.25, 0.3) is 22.3 Å². The number of hydrogen-bond donors (Lipinski definition) is 1. The summed E-state index contributed by atoms with van der Waals surface area (Å²) in [5.74, 6) is -0.694. The van der Waals surface area contributed by atoms with E-state index in [0.29, 0.717) is 30.4 Å². The van der Waals surface area contributed by atoms with Gasteiger partial charge in [-0.05, 0) is 72.1 Å². The van der Waals surface area contributed by atoms with Gasteiger partial charge in [0, 0.05) is 24.2 Å². The molecule has 1 N–H and O–H groups in total. The number of unbranched alkanes of at least 4 members (excludes halogenated alkanes) is 2. The summed E-state index contributed by atoms with van der Waals surface area (Å²) >= 11 is 0. The molecule has 0 heterocycles. The summed E-state index contributed by atoms with van der Waals surface area (Å²) in [7, 11) is 0. The van der Waals surface area contributed by atoms with Crippen LogP contribution in [-0.4, -0.2) is 24.3 Å². The third-order valence-electron chi connectivity index (χ3n) is 6.40. The Morgan fingerprint density at radius 1 is 0.861 bits per heavy atom. The van der Waals surface area contributed by atoms with Crippen molar-refractivity contribution in [2.24, 2.45) is 0 Å².